The summed E-state index contributed by atoms with van der Waals surface area (Å²) < 4.78 is 0. The molecule has 17 heavy (non-hydrogen) atoms. The van der Waals surface area contributed by atoms with E-state index in [0.29, 0.717) is 5.56 Å². The minimum atomic E-state index is 0.0836. The Hall–Kier alpha value is -1.87. The zero-order valence-electron chi connectivity index (χ0n) is 9.73. The third kappa shape index (κ3) is 2.29. The second kappa shape index (κ2) is 4.97. The minimum Gasteiger partial charge on any atom is -0.392 e. The Balaban J connectivity index is 2.41. The van der Waals surface area contributed by atoms with Crippen LogP contribution in [0.4, 0.5) is 0 Å². The number of benzene rings is 1. The quantitative estimate of drug-likeness (QED) is 0.625. The molecule has 0 atom stereocenters. The molecule has 0 fully saturated rings. The van der Waals surface area contributed by atoms with Crippen LogP contribution in [-0.2, 0) is 6.42 Å². The van der Waals surface area contributed by atoms with Crippen molar-refractivity contribution in [2.45, 2.75) is 13.3 Å². The van der Waals surface area contributed by atoms with Crippen molar-refractivity contribution in [1.29, 1.82) is 0 Å². The number of allylic oxidation sites excluding steroid dienone is 1. The molecule has 0 saturated carbocycles. The van der Waals surface area contributed by atoms with Crippen molar-refractivity contribution in [3.8, 4) is 0 Å². The van der Waals surface area contributed by atoms with Crippen molar-refractivity contribution >= 4 is 17.2 Å². The smallest absolute Gasteiger partial charge is 0.152 e. The van der Waals surface area contributed by atoms with Crippen LogP contribution in [0, 0.1) is 0 Å². The number of hydrogen-bond donors (Lipinski definition) is 2. The second-order valence-electron chi connectivity index (χ2n) is 4.11. The Morgan fingerprint density at radius 2 is 2.29 bits per heavy atom. The number of aromatic amines is 1. The number of rotatable bonds is 4. The van der Waals surface area contributed by atoms with Crippen molar-refractivity contribution in [3.63, 3.8) is 0 Å². The summed E-state index contributed by atoms with van der Waals surface area (Å²) >= 11 is 0. The van der Waals surface area contributed by atoms with E-state index >= 15 is 0 Å². The predicted octanol–water partition coefficient (Wildman–Crippen LogP) is 2.46. The van der Waals surface area contributed by atoms with Crippen molar-refractivity contribution in [1.82, 2.24) is 4.98 Å². The molecule has 2 N–H and O–H groups in total. The van der Waals surface area contributed by atoms with E-state index in [2.05, 4.69) is 4.98 Å². The standard InChI is InChI=1S/C14H15NO2/c1-10(8-16)5-6-11-3-2-4-13-12(9-17)7-15-14(11)13/h2-5,7,9,15-16H,6,8H2,1H3. The van der Waals surface area contributed by atoms with Crippen LogP contribution in [0.2, 0.25) is 0 Å². The summed E-state index contributed by atoms with van der Waals surface area (Å²) in [7, 11) is 0. The van der Waals surface area contributed by atoms with Crippen molar-refractivity contribution in [2.75, 3.05) is 6.61 Å². The maximum atomic E-state index is 10.8. The topological polar surface area (TPSA) is 53.1 Å². The summed E-state index contributed by atoms with van der Waals surface area (Å²) in [5.74, 6) is 0. The van der Waals surface area contributed by atoms with E-state index in [1.807, 2.05) is 31.2 Å². The summed E-state index contributed by atoms with van der Waals surface area (Å²) in [4.78, 5) is 14.0. The maximum absolute atomic E-state index is 10.8. The van der Waals surface area contributed by atoms with Crippen LogP contribution in [0.5, 0.6) is 0 Å². The summed E-state index contributed by atoms with van der Waals surface area (Å²) in [6, 6.07) is 5.90. The Morgan fingerprint density at radius 3 is 3.00 bits per heavy atom. The fraction of sp³-hybridized carbons (Fsp3) is 0.214. The summed E-state index contributed by atoms with van der Waals surface area (Å²) in [5.41, 5.74) is 3.76. The number of aliphatic hydroxyl groups is 1. The van der Waals surface area contributed by atoms with Crippen molar-refractivity contribution < 1.29 is 9.90 Å². The molecule has 0 aliphatic rings. The van der Waals surface area contributed by atoms with Gasteiger partial charge in [-0.1, -0.05) is 29.8 Å². The maximum Gasteiger partial charge on any atom is 0.152 e. The van der Waals surface area contributed by atoms with Gasteiger partial charge in [0.25, 0.3) is 0 Å². The molecule has 2 aromatic rings. The lowest BCUT2D eigenvalue weighted by Crippen LogP contribution is -1.88. The van der Waals surface area contributed by atoms with E-state index < -0.39 is 0 Å². The fourth-order valence-electron chi connectivity index (χ4n) is 1.86. The number of para-hydroxylation sites is 1. The lowest BCUT2D eigenvalue weighted by atomic mass is 10.1. The Labute approximate surface area is 99.8 Å². The lowest BCUT2D eigenvalue weighted by molar-refractivity contribution is 0.112. The fourth-order valence-corrected chi connectivity index (χ4v) is 1.86. The normalized spacial score (nSPS) is 12.0. The van der Waals surface area contributed by atoms with Gasteiger partial charge in [0.15, 0.2) is 6.29 Å². The number of aromatic nitrogens is 1. The number of aldehydes is 1. The molecule has 0 saturated heterocycles. The van der Waals surface area contributed by atoms with Crippen LogP contribution in [0.25, 0.3) is 10.9 Å². The number of H-pyrrole nitrogens is 1. The molecule has 3 nitrogen and oxygen atoms in total. The zero-order chi connectivity index (χ0) is 12.3. The summed E-state index contributed by atoms with van der Waals surface area (Å²) in [6.07, 6.45) is 5.33. The molecule has 0 amide bonds. The van der Waals surface area contributed by atoms with Gasteiger partial charge in [-0.05, 0) is 18.9 Å². The molecule has 3 heteroatoms. The van der Waals surface area contributed by atoms with Gasteiger partial charge in [0.05, 0.1) is 6.61 Å². The van der Waals surface area contributed by atoms with Crippen LogP contribution in [0.15, 0.2) is 36.0 Å². The molecule has 0 aliphatic heterocycles. The first kappa shape index (κ1) is 11.6. The van der Waals surface area contributed by atoms with Gasteiger partial charge in [0.1, 0.15) is 0 Å². The van der Waals surface area contributed by atoms with Crippen molar-refractivity contribution in [3.05, 3.63) is 47.2 Å². The van der Waals surface area contributed by atoms with Gasteiger partial charge >= 0.3 is 0 Å². The minimum absolute atomic E-state index is 0.0836. The van der Waals surface area contributed by atoms with Gasteiger partial charge in [0.2, 0.25) is 0 Å². The third-order valence-corrected chi connectivity index (χ3v) is 2.88. The molecule has 1 heterocycles. The monoisotopic (exact) mass is 229 g/mol. The molecule has 1 aromatic heterocycles. The molecule has 0 unspecified atom stereocenters. The van der Waals surface area contributed by atoms with Crippen LogP contribution in [0.3, 0.4) is 0 Å². The highest BCUT2D eigenvalue weighted by Gasteiger charge is 2.05. The first-order chi connectivity index (χ1) is 8.26. The molecule has 0 bridgehead atoms. The third-order valence-electron chi connectivity index (χ3n) is 2.88. The first-order valence-electron chi connectivity index (χ1n) is 5.57. The van der Waals surface area contributed by atoms with E-state index in [1.54, 1.807) is 6.20 Å². The SMILES string of the molecule is CC(=CCc1cccc2c(C=O)c[nH]c12)CO. The summed E-state index contributed by atoms with van der Waals surface area (Å²) in [5, 5.41) is 9.90. The Kier molecular flexibility index (Phi) is 3.40. The molecular formula is C14H15NO2. The molecule has 0 aliphatic carbocycles. The van der Waals surface area contributed by atoms with E-state index in [4.69, 9.17) is 5.11 Å². The average Bonchev–Trinajstić information content (AvgIpc) is 2.79. The van der Waals surface area contributed by atoms with Gasteiger partial charge in [-0.15, -0.1) is 0 Å². The number of carbonyl (C=O) groups excluding carboxylic acids is 1. The Bertz CT molecular complexity index is 567. The Morgan fingerprint density at radius 1 is 1.47 bits per heavy atom. The number of carbonyl (C=O) groups is 1. The number of aliphatic hydroxyl groups excluding tert-OH is 1. The predicted molar refractivity (Wildman–Crippen MR) is 68.2 cm³/mol. The van der Waals surface area contributed by atoms with Gasteiger partial charge in [-0.2, -0.15) is 0 Å². The average molecular weight is 229 g/mol. The highest BCUT2D eigenvalue weighted by Crippen LogP contribution is 2.21. The first-order valence-corrected chi connectivity index (χ1v) is 5.57. The molecule has 2 rings (SSSR count). The van der Waals surface area contributed by atoms with Gasteiger partial charge in [0, 0.05) is 22.7 Å². The van der Waals surface area contributed by atoms with Crippen LogP contribution in [-0.4, -0.2) is 23.0 Å². The van der Waals surface area contributed by atoms with E-state index in [9.17, 15) is 4.79 Å². The molecular weight excluding hydrogens is 214 g/mol. The van der Waals surface area contributed by atoms with E-state index in [1.165, 1.54) is 0 Å². The van der Waals surface area contributed by atoms with Gasteiger partial charge in [-0.3, -0.25) is 4.79 Å². The molecule has 88 valence electrons. The number of hydrogen-bond acceptors (Lipinski definition) is 2. The zero-order valence-corrected chi connectivity index (χ0v) is 9.73. The number of nitrogens with one attached hydrogen (secondary N) is 1. The van der Waals surface area contributed by atoms with E-state index in [0.717, 1.165) is 34.7 Å². The summed E-state index contributed by atoms with van der Waals surface area (Å²) in [6.45, 7) is 1.98. The van der Waals surface area contributed by atoms with Gasteiger partial charge < -0.3 is 10.1 Å². The van der Waals surface area contributed by atoms with Crippen LogP contribution < -0.4 is 0 Å². The number of fused-ring (bicyclic) bond motifs is 1. The highest BCUT2D eigenvalue weighted by atomic mass is 16.3. The molecule has 0 spiro atoms. The highest BCUT2D eigenvalue weighted by molar-refractivity contribution is 5.98. The molecule has 1 aromatic carbocycles. The van der Waals surface area contributed by atoms with Gasteiger partial charge in [-0.25, -0.2) is 0 Å². The van der Waals surface area contributed by atoms with Crippen molar-refractivity contribution in [2.24, 2.45) is 0 Å². The van der Waals surface area contributed by atoms with E-state index in [-0.39, 0.29) is 6.61 Å². The molecule has 0 radical (unpaired) electrons. The largest absolute Gasteiger partial charge is 0.392 e. The van der Waals surface area contributed by atoms with Crippen LogP contribution in [0.1, 0.15) is 22.8 Å². The lowest BCUT2D eigenvalue weighted by Gasteiger charge is -2.01. The van der Waals surface area contributed by atoms with Crippen LogP contribution >= 0.6 is 0 Å². The second-order valence-corrected chi connectivity index (χ2v) is 4.11.